The van der Waals surface area contributed by atoms with Crippen LogP contribution in [0, 0.1) is 17.0 Å². The number of halogens is 2. The van der Waals surface area contributed by atoms with Crippen molar-refractivity contribution < 1.29 is 76.0 Å². The summed E-state index contributed by atoms with van der Waals surface area (Å²) in [6.07, 6.45) is 2.39. The third-order valence-electron chi connectivity index (χ3n) is 11.5. The first-order valence-electron chi connectivity index (χ1n) is 24.3. The van der Waals surface area contributed by atoms with Crippen molar-refractivity contribution in [1.82, 2.24) is 46.3 Å². The number of imide groups is 1. The summed E-state index contributed by atoms with van der Waals surface area (Å²) in [5.74, 6) is -9.91. The van der Waals surface area contributed by atoms with E-state index in [1.54, 1.807) is 37.6 Å². The number of aliphatic hydroxyl groups excluding tert-OH is 1. The molecule has 0 fully saturated rings. The van der Waals surface area contributed by atoms with Crippen LogP contribution in [0.2, 0.25) is 0 Å². The first-order chi connectivity index (χ1) is 36.6. The lowest BCUT2D eigenvalue weighted by Gasteiger charge is -2.41. The van der Waals surface area contributed by atoms with Crippen molar-refractivity contribution in [2.45, 2.75) is 58.3 Å². The fourth-order valence-electron chi connectivity index (χ4n) is 7.86. The Balaban J connectivity index is 1.57. The number of hydrogen-bond acceptors (Lipinski definition) is 14. The van der Waals surface area contributed by atoms with Gasteiger partial charge in [0.2, 0.25) is 47.3 Å². The number of nitrogens with one attached hydrogen (secondary N) is 6. The normalized spacial score (nSPS) is 13.3. The van der Waals surface area contributed by atoms with Gasteiger partial charge in [-0.15, -0.1) is 0 Å². The Morgan fingerprint density at radius 1 is 0.753 bits per heavy atom. The van der Waals surface area contributed by atoms with Crippen molar-refractivity contribution in [3.05, 3.63) is 95.8 Å². The molecule has 26 heteroatoms. The minimum absolute atomic E-state index is 0.0708. The zero-order valence-corrected chi connectivity index (χ0v) is 43.2. The molecule has 1 aliphatic rings. The van der Waals surface area contributed by atoms with Crippen molar-refractivity contribution in [3.8, 4) is 11.1 Å². The third kappa shape index (κ3) is 20.3. The summed E-state index contributed by atoms with van der Waals surface area (Å²) in [4.78, 5) is 131. The average molecular weight is 1080 g/mol. The van der Waals surface area contributed by atoms with Crippen LogP contribution in [-0.4, -0.2) is 177 Å². The summed E-state index contributed by atoms with van der Waals surface area (Å²) < 4.78 is 47.0. The van der Waals surface area contributed by atoms with Crippen LogP contribution in [0.5, 0.6) is 0 Å². The van der Waals surface area contributed by atoms with Gasteiger partial charge in [-0.05, 0) is 41.7 Å². The van der Waals surface area contributed by atoms with Gasteiger partial charge >= 0.3 is 0 Å². The number of aromatic nitrogens is 1. The lowest BCUT2D eigenvalue weighted by Crippen LogP contribution is -2.57. The number of rotatable bonds is 32. The summed E-state index contributed by atoms with van der Waals surface area (Å²) in [7, 11) is 1.52. The van der Waals surface area contributed by atoms with E-state index in [0.717, 1.165) is 35.9 Å². The Morgan fingerprint density at radius 2 is 1.40 bits per heavy atom. The highest BCUT2D eigenvalue weighted by atomic mass is 19.1. The average Bonchev–Trinajstić information content (AvgIpc) is 3.96. The van der Waals surface area contributed by atoms with Gasteiger partial charge in [0, 0.05) is 68.5 Å². The lowest BCUT2D eigenvalue weighted by atomic mass is 9.82. The van der Waals surface area contributed by atoms with Gasteiger partial charge in [-0.3, -0.25) is 52.8 Å². The van der Waals surface area contributed by atoms with Crippen molar-refractivity contribution in [2.75, 3.05) is 86.0 Å². The largest absolute Gasteiger partial charge is 0.387 e. The number of methoxy groups -OCH3 is 1. The van der Waals surface area contributed by atoms with E-state index in [2.05, 4.69) is 31.9 Å². The molecule has 3 aromatic rings. The molecule has 4 rings (SSSR count). The Bertz CT molecular complexity index is 2590. The highest BCUT2D eigenvalue weighted by molar-refractivity contribution is 6.14. The van der Waals surface area contributed by atoms with Gasteiger partial charge < -0.3 is 66.4 Å². The fraction of sp³-hybridized carbons (Fsp3) is 0.451. The standard InChI is InChI=1S/C51H66F2N10O14/c1-51(2,3)48(39-22-33(35-23-34(52)10-11-36(35)53)28-61(39)27-32-8-6-5-7-9-32)62(47(72)30-64)17-14-37(49(73)56-16-15-55-43(68)29-63-45(70)12-13-46(63)71)60-50(74)38(24-40(54)65)59-42(67)26-57-41(66)25-58-44(69)31-77-21-20-76-19-18-75-4/h5-13,22-23,28,37-38,48,64H,14-21,24-27,29-31H2,1-4H3,(H2,54,65)(H,55,68)(H,56,73)(H,57,66)(H,58,69)(H,59,67)(H,60,74). The molecule has 0 saturated carbocycles. The molecule has 10 amide bonds. The highest BCUT2D eigenvalue weighted by Crippen LogP contribution is 2.41. The number of hydrogen-bond donors (Lipinski definition) is 8. The number of benzene rings is 2. The van der Waals surface area contributed by atoms with E-state index in [4.69, 9.17) is 19.9 Å². The molecule has 418 valence electrons. The number of nitrogens with two attached hydrogens (primary N) is 1. The molecule has 24 nitrogen and oxygen atoms in total. The minimum atomic E-state index is -1.74. The Kier molecular flexibility index (Phi) is 24.5. The fourth-order valence-corrected chi connectivity index (χ4v) is 7.86. The molecule has 77 heavy (non-hydrogen) atoms. The number of aliphatic hydroxyl groups is 1. The van der Waals surface area contributed by atoms with Crippen molar-refractivity contribution in [1.29, 1.82) is 0 Å². The van der Waals surface area contributed by atoms with Crippen LogP contribution in [0.4, 0.5) is 8.78 Å². The van der Waals surface area contributed by atoms with Crippen LogP contribution >= 0.6 is 0 Å². The van der Waals surface area contributed by atoms with E-state index in [1.165, 1.54) is 12.0 Å². The lowest BCUT2D eigenvalue weighted by molar-refractivity contribution is -0.141. The van der Waals surface area contributed by atoms with Gasteiger partial charge in [-0.25, -0.2) is 8.78 Å². The number of carbonyl (C=O) groups is 10. The molecule has 0 spiro atoms. The molecule has 0 radical (unpaired) electrons. The summed E-state index contributed by atoms with van der Waals surface area (Å²) in [5, 5.41) is 24.8. The number of nitrogens with zero attached hydrogens (tertiary/aromatic N) is 3. The van der Waals surface area contributed by atoms with E-state index in [9.17, 15) is 57.4 Å². The van der Waals surface area contributed by atoms with E-state index < -0.39 is 133 Å². The first-order valence-corrected chi connectivity index (χ1v) is 24.3. The van der Waals surface area contributed by atoms with Crippen LogP contribution < -0.4 is 37.6 Å². The molecule has 0 bridgehead atoms. The maximum Gasteiger partial charge on any atom is 0.254 e. The van der Waals surface area contributed by atoms with Crippen LogP contribution in [-0.2, 0) is 68.7 Å². The molecule has 2 aromatic carbocycles. The predicted molar refractivity (Wildman–Crippen MR) is 270 cm³/mol. The molecule has 0 saturated heterocycles. The van der Waals surface area contributed by atoms with Gasteiger partial charge in [0.05, 0.1) is 52.0 Å². The van der Waals surface area contributed by atoms with Crippen molar-refractivity contribution >= 4 is 59.1 Å². The monoisotopic (exact) mass is 1080 g/mol. The molecule has 9 N–H and O–H groups in total. The molecule has 0 aliphatic carbocycles. The van der Waals surface area contributed by atoms with Crippen LogP contribution in [0.25, 0.3) is 11.1 Å². The number of primary amides is 1. The van der Waals surface area contributed by atoms with E-state index in [1.807, 2.05) is 30.3 Å². The molecule has 2 heterocycles. The van der Waals surface area contributed by atoms with Gasteiger partial charge in [0.1, 0.15) is 43.5 Å². The van der Waals surface area contributed by atoms with Gasteiger partial charge in [0.15, 0.2) is 0 Å². The topological polar surface area (TPSA) is 328 Å². The zero-order chi connectivity index (χ0) is 56.7. The molecular weight excluding hydrogens is 1010 g/mol. The van der Waals surface area contributed by atoms with Crippen molar-refractivity contribution in [3.63, 3.8) is 0 Å². The smallest absolute Gasteiger partial charge is 0.254 e. The SMILES string of the molecule is COCCOCCOCC(=O)NCC(=O)NCC(=O)NC(CC(N)=O)C(=O)NC(CCN(C(=O)CO)C(c1cc(-c2cc(F)ccc2F)cn1Cc1ccccc1)C(C)(C)C)C(=O)NCCNC(=O)CN1C(=O)C=CC1=O. The molecule has 1 aliphatic heterocycles. The molecule has 3 atom stereocenters. The molecule has 3 unspecified atom stereocenters. The van der Waals surface area contributed by atoms with Crippen LogP contribution in [0.1, 0.15) is 50.9 Å². The summed E-state index contributed by atoms with van der Waals surface area (Å²) in [6, 6.07) is 9.37. The first kappa shape index (κ1) is 61.6. The van der Waals surface area contributed by atoms with Crippen LogP contribution in [0.3, 0.4) is 0 Å². The second kappa shape index (κ2) is 30.6. The molecular formula is C51H66F2N10O14. The maximum absolute atomic E-state index is 15.4. The zero-order valence-electron chi connectivity index (χ0n) is 43.2. The Morgan fingerprint density at radius 3 is 2.06 bits per heavy atom. The second-order valence-electron chi connectivity index (χ2n) is 18.5. The quantitative estimate of drug-likeness (QED) is 0.0266. The van der Waals surface area contributed by atoms with E-state index in [0.29, 0.717) is 23.8 Å². The highest BCUT2D eigenvalue weighted by Gasteiger charge is 2.38. The summed E-state index contributed by atoms with van der Waals surface area (Å²) in [5.41, 5.74) is 5.96. The number of ether oxygens (including phenoxy) is 3. The van der Waals surface area contributed by atoms with Gasteiger partial charge in [-0.2, -0.15) is 0 Å². The van der Waals surface area contributed by atoms with Gasteiger partial charge in [-0.1, -0.05) is 51.1 Å². The van der Waals surface area contributed by atoms with Gasteiger partial charge in [0.25, 0.3) is 11.8 Å². The second-order valence-corrected chi connectivity index (χ2v) is 18.5. The summed E-state index contributed by atoms with van der Waals surface area (Å²) in [6.45, 7) is 2.34. The van der Waals surface area contributed by atoms with Crippen LogP contribution in [0.15, 0.2) is 72.9 Å². The minimum Gasteiger partial charge on any atom is -0.387 e. The Labute approximate surface area is 442 Å². The van der Waals surface area contributed by atoms with Crippen molar-refractivity contribution in [2.24, 2.45) is 11.1 Å². The molecule has 1 aromatic heterocycles. The Hall–Kier alpha value is -7.94. The third-order valence-corrected chi connectivity index (χ3v) is 11.5. The maximum atomic E-state index is 15.4. The predicted octanol–water partition coefficient (Wildman–Crippen LogP) is -1.31. The van der Waals surface area contributed by atoms with E-state index in [-0.39, 0.29) is 57.1 Å². The number of carbonyl (C=O) groups excluding carboxylic acids is 10. The summed E-state index contributed by atoms with van der Waals surface area (Å²) >= 11 is 0. The number of amides is 10. The van der Waals surface area contributed by atoms with E-state index >= 15 is 4.39 Å².